The summed E-state index contributed by atoms with van der Waals surface area (Å²) in [4.78, 5) is 50.0. The number of fused-ring (bicyclic) bond motifs is 1. The molecule has 0 spiro atoms. The molecule has 1 atom stereocenters. The molecular weight excluding hydrogens is 392 g/mol. The Kier molecular flexibility index (Phi) is 5.12. The summed E-state index contributed by atoms with van der Waals surface area (Å²) in [7, 11) is 0. The van der Waals surface area contributed by atoms with Gasteiger partial charge in [0, 0.05) is 31.0 Å². The molecule has 2 amide bonds. The van der Waals surface area contributed by atoms with E-state index < -0.39 is 0 Å². The third-order valence-corrected chi connectivity index (χ3v) is 6.70. The Balaban J connectivity index is 1.41. The van der Waals surface area contributed by atoms with E-state index in [1.165, 1.54) is 0 Å². The fraction of sp³-hybridized carbons (Fsp3) is 0.500. The average Bonchev–Trinajstić information content (AvgIpc) is 3.64. The van der Waals surface area contributed by atoms with Crippen LogP contribution < -0.4 is 5.56 Å². The van der Waals surface area contributed by atoms with Gasteiger partial charge >= 0.3 is 0 Å². The molecular formula is C24H28N4O3. The van der Waals surface area contributed by atoms with Gasteiger partial charge in [-0.15, -0.1) is 0 Å². The van der Waals surface area contributed by atoms with Crippen molar-refractivity contribution >= 4 is 11.8 Å². The molecule has 1 aromatic heterocycles. The zero-order valence-electron chi connectivity index (χ0n) is 17.9. The van der Waals surface area contributed by atoms with Crippen LogP contribution in [0.2, 0.25) is 0 Å². The van der Waals surface area contributed by atoms with Gasteiger partial charge in [-0.25, -0.2) is 4.98 Å². The molecule has 0 bridgehead atoms. The minimum absolute atomic E-state index is 0.0220. The third kappa shape index (κ3) is 3.89. The van der Waals surface area contributed by atoms with Crippen LogP contribution in [0.25, 0.3) is 0 Å². The van der Waals surface area contributed by atoms with Crippen molar-refractivity contribution in [2.24, 2.45) is 5.92 Å². The molecule has 1 saturated heterocycles. The highest BCUT2D eigenvalue weighted by Crippen LogP contribution is 2.33. The van der Waals surface area contributed by atoms with Crippen LogP contribution in [0.3, 0.4) is 0 Å². The van der Waals surface area contributed by atoms with Gasteiger partial charge in [-0.3, -0.25) is 14.4 Å². The van der Waals surface area contributed by atoms with Gasteiger partial charge in [0.15, 0.2) is 0 Å². The zero-order chi connectivity index (χ0) is 21.5. The molecule has 162 valence electrons. The highest BCUT2D eigenvalue weighted by Gasteiger charge is 2.36. The lowest BCUT2D eigenvalue weighted by atomic mass is 9.99. The van der Waals surface area contributed by atoms with Crippen LogP contribution in [-0.2, 0) is 17.8 Å². The van der Waals surface area contributed by atoms with E-state index in [-0.39, 0.29) is 29.3 Å². The summed E-state index contributed by atoms with van der Waals surface area (Å²) in [6.07, 6.45) is 5.23. The van der Waals surface area contributed by atoms with Crippen LogP contribution in [0.5, 0.6) is 0 Å². The van der Waals surface area contributed by atoms with Crippen molar-refractivity contribution in [3.8, 4) is 0 Å². The van der Waals surface area contributed by atoms with E-state index >= 15 is 0 Å². The maximum absolute atomic E-state index is 13.2. The molecule has 1 saturated carbocycles. The molecule has 7 nitrogen and oxygen atoms in total. The third-order valence-electron chi connectivity index (χ3n) is 6.70. The number of hydrogen-bond donors (Lipinski definition) is 1. The Morgan fingerprint density at radius 3 is 2.58 bits per heavy atom. The largest absolute Gasteiger partial charge is 0.337 e. The summed E-state index contributed by atoms with van der Waals surface area (Å²) in [6.45, 7) is 3.60. The number of nitrogens with zero attached hydrogens (tertiary/aromatic N) is 3. The summed E-state index contributed by atoms with van der Waals surface area (Å²) >= 11 is 0. The van der Waals surface area contributed by atoms with Crippen LogP contribution >= 0.6 is 0 Å². The summed E-state index contributed by atoms with van der Waals surface area (Å²) in [6, 6.07) is 7.38. The summed E-state index contributed by atoms with van der Waals surface area (Å²) in [5.41, 5.74) is 2.96. The van der Waals surface area contributed by atoms with Crippen LogP contribution in [-0.4, -0.2) is 44.7 Å². The Bertz CT molecular complexity index is 1070. The van der Waals surface area contributed by atoms with E-state index in [2.05, 4.69) is 4.98 Å². The number of aromatic nitrogens is 2. The molecule has 5 rings (SSSR count). The van der Waals surface area contributed by atoms with Gasteiger partial charge in [0.05, 0.1) is 23.8 Å². The number of carbonyl (C=O) groups excluding carboxylic acids is 2. The van der Waals surface area contributed by atoms with Crippen molar-refractivity contribution in [2.45, 2.75) is 58.0 Å². The summed E-state index contributed by atoms with van der Waals surface area (Å²) in [5.74, 6) is 0.866. The standard InChI is InChI=1S/C24H28N4O3/c1-15-5-7-17(8-6-15)24(31)28-12-3-2-4-20(28)21-25-19-11-13-27(23(30)16-9-10-16)14-18(19)22(29)26-21/h5-8,16,20H,2-4,9-14H2,1H3,(H,25,26,29). The normalized spacial score (nSPS) is 21.0. The number of hydrogen-bond acceptors (Lipinski definition) is 4. The second-order valence-corrected chi connectivity index (χ2v) is 9.04. The van der Waals surface area contributed by atoms with Crippen molar-refractivity contribution < 1.29 is 9.59 Å². The lowest BCUT2D eigenvalue weighted by molar-refractivity contribution is -0.133. The molecule has 2 fully saturated rings. The molecule has 2 aliphatic heterocycles. The molecule has 3 aliphatic rings. The lowest BCUT2D eigenvalue weighted by Gasteiger charge is -2.36. The number of carbonyl (C=O) groups is 2. The van der Waals surface area contributed by atoms with Gasteiger partial charge in [-0.2, -0.15) is 0 Å². The summed E-state index contributed by atoms with van der Waals surface area (Å²) < 4.78 is 0. The maximum Gasteiger partial charge on any atom is 0.256 e. The highest BCUT2D eigenvalue weighted by molar-refractivity contribution is 5.94. The lowest BCUT2D eigenvalue weighted by Crippen LogP contribution is -2.43. The first kappa shape index (κ1) is 20.0. The van der Waals surface area contributed by atoms with E-state index in [1.54, 1.807) is 4.90 Å². The smallest absolute Gasteiger partial charge is 0.256 e. The first-order valence-electron chi connectivity index (χ1n) is 11.3. The van der Waals surface area contributed by atoms with Crippen LogP contribution in [0.4, 0.5) is 0 Å². The van der Waals surface area contributed by atoms with Crippen molar-refractivity contribution in [1.29, 1.82) is 0 Å². The van der Waals surface area contributed by atoms with E-state index in [9.17, 15) is 14.4 Å². The molecule has 7 heteroatoms. The van der Waals surface area contributed by atoms with E-state index in [0.717, 1.165) is 43.4 Å². The number of amides is 2. The number of aromatic amines is 1. The van der Waals surface area contributed by atoms with Gasteiger partial charge in [-0.05, 0) is 51.2 Å². The second-order valence-electron chi connectivity index (χ2n) is 9.04. The van der Waals surface area contributed by atoms with E-state index in [0.29, 0.717) is 43.0 Å². The molecule has 1 N–H and O–H groups in total. The van der Waals surface area contributed by atoms with Gasteiger partial charge in [0.25, 0.3) is 11.5 Å². The Morgan fingerprint density at radius 2 is 1.84 bits per heavy atom. The zero-order valence-corrected chi connectivity index (χ0v) is 17.9. The molecule has 1 aromatic carbocycles. The quantitative estimate of drug-likeness (QED) is 0.827. The van der Waals surface area contributed by atoms with Crippen molar-refractivity contribution in [3.63, 3.8) is 0 Å². The molecule has 31 heavy (non-hydrogen) atoms. The first-order chi connectivity index (χ1) is 15.0. The van der Waals surface area contributed by atoms with Crippen LogP contribution in [0.1, 0.15) is 71.1 Å². The molecule has 0 radical (unpaired) electrons. The number of piperidine rings is 1. The van der Waals surface area contributed by atoms with Crippen LogP contribution in [0, 0.1) is 12.8 Å². The Hall–Kier alpha value is -2.96. The van der Waals surface area contributed by atoms with Crippen molar-refractivity contribution in [3.05, 3.63) is 62.8 Å². The predicted octanol–water partition coefficient (Wildman–Crippen LogP) is 2.74. The minimum Gasteiger partial charge on any atom is -0.337 e. The highest BCUT2D eigenvalue weighted by atomic mass is 16.2. The molecule has 1 aliphatic carbocycles. The number of nitrogens with one attached hydrogen (secondary N) is 1. The topological polar surface area (TPSA) is 86.4 Å². The SMILES string of the molecule is Cc1ccc(C(=O)N2CCCCC2c2nc3c(c(=O)[nH]2)CN(C(=O)C2CC2)CC3)cc1. The second kappa shape index (κ2) is 7.94. The Labute approximate surface area is 181 Å². The molecule has 2 aromatic rings. The number of rotatable bonds is 3. The number of likely N-dealkylation sites (tertiary alicyclic amines) is 1. The minimum atomic E-state index is -0.230. The first-order valence-corrected chi connectivity index (χ1v) is 11.3. The molecule has 1 unspecified atom stereocenters. The average molecular weight is 421 g/mol. The van der Waals surface area contributed by atoms with Crippen molar-refractivity contribution in [1.82, 2.24) is 19.8 Å². The number of aryl methyl sites for hydroxylation is 1. The van der Waals surface area contributed by atoms with E-state index in [1.807, 2.05) is 36.1 Å². The van der Waals surface area contributed by atoms with E-state index in [4.69, 9.17) is 4.98 Å². The summed E-state index contributed by atoms with van der Waals surface area (Å²) in [5, 5.41) is 0. The fourth-order valence-electron chi connectivity index (χ4n) is 4.70. The Morgan fingerprint density at radius 1 is 1.06 bits per heavy atom. The van der Waals surface area contributed by atoms with Gasteiger partial charge in [-0.1, -0.05) is 17.7 Å². The molecule has 3 heterocycles. The monoisotopic (exact) mass is 420 g/mol. The number of H-pyrrole nitrogens is 1. The van der Waals surface area contributed by atoms with Crippen molar-refractivity contribution in [2.75, 3.05) is 13.1 Å². The number of benzene rings is 1. The van der Waals surface area contributed by atoms with Gasteiger partial charge in [0.2, 0.25) is 5.91 Å². The van der Waals surface area contributed by atoms with Gasteiger partial charge in [0.1, 0.15) is 5.82 Å². The maximum atomic E-state index is 13.2. The van der Waals surface area contributed by atoms with Crippen LogP contribution in [0.15, 0.2) is 29.1 Å². The predicted molar refractivity (Wildman–Crippen MR) is 116 cm³/mol. The fourth-order valence-corrected chi connectivity index (χ4v) is 4.70. The van der Waals surface area contributed by atoms with Gasteiger partial charge < -0.3 is 14.8 Å².